The lowest BCUT2D eigenvalue weighted by Crippen LogP contribution is -2.40. The highest BCUT2D eigenvalue weighted by atomic mass is 19.1. The lowest BCUT2D eigenvalue weighted by Gasteiger charge is -2.38. The van der Waals surface area contributed by atoms with Crippen LogP contribution in [0.1, 0.15) is 37.2 Å². The third-order valence-electron chi connectivity index (χ3n) is 5.55. The molecule has 29 heavy (non-hydrogen) atoms. The van der Waals surface area contributed by atoms with Gasteiger partial charge in [-0.3, -0.25) is 14.5 Å². The summed E-state index contributed by atoms with van der Waals surface area (Å²) in [4.78, 5) is 27.7. The zero-order valence-electron chi connectivity index (χ0n) is 16.4. The molecular weight excluding hydrogens is 373 g/mol. The van der Waals surface area contributed by atoms with E-state index >= 15 is 0 Å². The van der Waals surface area contributed by atoms with Crippen LogP contribution in [0.4, 0.5) is 10.1 Å². The minimum absolute atomic E-state index is 0.0232. The summed E-state index contributed by atoms with van der Waals surface area (Å²) in [6.07, 6.45) is 1.79. The molecule has 6 heteroatoms. The number of Topliss-reactive ketones (excluding diaryl/α,β-unsaturated/α-hetero) is 1. The Kier molecular flexibility index (Phi) is 5.09. The van der Waals surface area contributed by atoms with E-state index in [0.717, 1.165) is 5.56 Å². The topological polar surface area (TPSA) is 55.8 Å². The zero-order chi connectivity index (χ0) is 20.5. The molecular formula is C23H22FNO4. The molecule has 0 bridgehead atoms. The highest BCUT2D eigenvalue weighted by molar-refractivity contribution is 6.07. The Morgan fingerprint density at radius 1 is 1.03 bits per heavy atom. The molecule has 1 aliphatic heterocycles. The molecule has 1 amide bonds. The highest BCUT2D eigenvalue weighted by Gasteiger charge is 2.41. The normalized spacial score (nSPS) is 19.3. The molecule has 0 aromatic heterocycles. The number of nitrogens with zero attached hydrogens (tertiary/aromatic N) is 1. The first-order valence-electron chi connectivity index (χ1n) is 9.60. The summed E-state index contributed by atoms with van der Waals surface area (Å²) in [5.74, 6) is 0.0953. The van der Waals surface area contributed by atoms with Gasteiger partial charge in [-0.05, 0) is 37.1 Å². The molecule has 1 atom stereocenters. The van der Waals surface area contributed by atoms with Crippen LogP contribution in [0.3, 0.4) is 0 Å². The van der Waals surface area contributed by atoms with Crippen LogP contribution in [0.5, 0.6) is 11.5 Å². The number of hydrogen-bond donors (Lipinski definition) is 0. The summed E-state index contributed by atoms with van der Waals surface area (Å²) in [7, 11) is 3.10. The second-order valence-electron chi connectivity index (χ2n) is 7.19. The van der Waals surface area contributed by atoms with E-state index in [9.17, 15) is 14.0 Å². The third kappa shape index (κ3) is 3.28. The van der Waals surface area contributed by atoms with Crippen molar-refractivity contribution in [2.24, 2.45) is 0 Å². The van der Waals surface area contributed by atoms with Crippen molar-refractivity contribution in [2.45, 2.75) is 31.6 Å². The first-order chi connectivity index (χ1) is 14.0. The van der Waals surface area contributed by atoms with Crippen LogP contribution in [-0.2, 0) is 9.59 Å². The van der Waals surface area contributed by atoms with Crippen molar-refractivity contribution < 1.29 is 23.5 Å². The van der Waals surface area contributed by atoms with Gasteiger partial charge < -0.3 is 9.47 Å². The van der Waals surface area contributed by atoms with Crippen LogP contribution < -0.4 is 14.4 Å². The van der Waals surface area contributed by atoms with Gasteiger partial charge in [0.05, 0.1) is 19.9 Å². The summed E-state index contributed by atoms with van der Waals surface area (Å²) in [5, 5.41) is 0. The van der Waals surface area contributed by atoms with E-state index in [2.05, 4.69) is 0 Å². The molecule has 0 fully saturated rings. The molecule has 0 radical (unpaired) electrons. The van der Waals surface area contributed by atoms with Crippen molar-refractivity contribution in [3.8, 4) is 11.5 Å². The van der Waals surface area contributed by atoms with Crippen LogP contribution in [0.25, 0.3) is 0 Å². The molecule has 0 spiro atoms. The highest BCUT2D eigenvalue weighted by Crippen LogP contribution is 2.47. The van der Waals surface area contributed by atoms with Gasteiger partial charge in [0.25, 0.3) is 0 Å². The first kappa shape index (κ1) is 19.2. The number of carbonyl (C=O) groups is 2. The lowest BCUT2D eigenvalue weighted by molar-refractivity contribution is -0.119. The van der Waals surface area contributed by atoms with Gasteiger partial charge in [0, 0.05) is 35.6 Å². The molecule has 1 aliphatic carbocycles. The Bertz CT molecular complexity index is 1010. The van der Waals surface area contributed by atoms with E-state index < -0.39 is 11.7 Å². The van der Waals surface area contributed by atoms with E-state index in [1.165, 1.54) is 17.0 Å². The number of para-hydroxylation sites is 1. The number of hydrogen-bond acceptors (Lipinski definition) is 4. The number of rotatable bonds is 4. The Balaban J connectivity index is 1.90. The summed E-state index contributed by atoms with van der Waals surface area (Å²) < 4.78 is 24.8. The average Bonchev–Trinajstić information content (AvgIpc) is 2.72. The maximum absolute atomic E-state index is 13.8. The molecule has 0 saturated heterocycles. The van der Waals surface area contributed by atoms with E-state index in [1.807, 2.05) is 12.1 Å². The van der Waals surface area contributed by atoms with Gasteiger partial charge >= 0.3 is 0 Å². The van der Waals surface area contributed by atoms with Crippen LogP contribution in [-0.4, -0.2) is 25.9 Å². The van der Waals surface area contributed by atoms with Gasteiger partial charge in [-0.2, -0.15) is 0 Å². The molecule has 1 unspecified atom stereocenters. The number of ketones is 1. The molecule has 4 rings (SSSR count). The molecule has 2 aromatic rings. The second kappa shape index (κ2) is 7.70. The second-order valence-corrected chi connectivity index (χ2v) is 7.19. The maximum Gasteiger partial charge on any atom is 0.232 e. The van der Waals surface area contributed by atoms with Crippen LogP contribution >= 0.6 is 0 Å². The fraction of sp³-hybridized carbons (Fsp3) is 0.304. The van der Waals surface area contributed by atoms with E-state index in [4.69, 9.17) is 9.47 Å². The summed E-state index contributed by atoms with van der Waals surface area (Å²) in [5.41, 5.74) is 2.49. The summed E-state index contributed by atoms with van der Waals surface area (Å²) in [6, 6.07) is 11.4. The monoisotopic (exact) mass is 395 g/mol. The van der Waals surface area contributed by atoms with Gasteiger partial charge in [0.1, 0.15) is 5.82 Å². The average molecular weight is 395 g/mol. The summed E-state index contributed by atoms with van der Waals surface area (Å²) in [6.45, 7) is 0. The Hall–Kier alpha value is -3.15. The zero-order valence-corrected chi connectivity index (χ0v) is 16.4. The van der Waals surface area contributed by atoms with Gasteiger partial charge in [-0.1, -0.05) is 18.2 Å². The molecule has 0 N–H and O–H groups in total. The lowest BCUT2D eigenvalue weighted by atomic mass is 9.76. The predicted molar refractivity (Wildman–Crippen MR) is 107 cm³/mol. The number of amides is 1. The number of benzene rings is 2. The number of ether oxygens (including phenoxy) is 2. The Morgan fingerprint density at radius 3 is 2.55 bits per heavy atom. The Morgan fingerprint density at radius 2 is 1.83 bits per heavy atom. The van der Waals surface area contributed by atoms with Crippen LogP contribution in [0.15, 0.2) is 53.7 Å². The first-order valence-corrected chi connectivity index (χ1v) is 9.60. The largest absolute Gasteiger partial charge is 0.493 e. The SMILES string of the molecule is COc1cccc(C2CC(=O)N(c3cccc(F)c3)C3=C2C(=O)CCC3)c1OC. The minimum atomic E-state index is -0.420. The van der Waals surface area contributed by atoms with Crippen molar-refractivity contribution in [1.82, 2.24) is 0 Å². The standard InChI is InChI=1S/C23H22FNO4/c1-28-20-11-4-8-16(23(20)29-2)17-13-21(27)25(15-7-3-6-14(24)12-15)18-9-5-10-19(26)22(17)18/h3-4,6-8,11-12,17H,5,9-10,13H2,1-2H3. The molecule has 2 aliphatic rings. The number of anilines is 1. The van der Waals surface area contributed by atoms with E-state index in [0.29, 0.717) is 47.7 Å². The van der Waals surface area contributed by atoms with Crippen molar-refractivity contribution in [1.29, 1.82) is 0 Å². The predicted octanol–water partition coefficient (Wildman–Crippen LogP) is 4.37. The third-order valence-corrected chi connectivity index (χ3v) is 5.55. The van der Waals surface area contributed by atoms with Crippen molar-refractivity contribution in [2.75, 3.05) is 19.1 Å². The van der Waals surface area contributed by atoms with Crippen molar-refractivity contribution >= 4 is 17.4 Å². The smallest absolute Gasteiger partial charge is 0.232 e. The minimum Gasteiger partial charge on any atom is -0.493 e. The molecule has 0 saturated carbocycles. The van der Waals surface area contributed by atoms with Gasteiger partial charge in [0.2, 0.25) is 5.91 Å². The van der Waals surface area contributed by atoms with Gasteiger partial charge in [0.15, 0.2) is 17.3 Å². The number of carbonyl (C=O) groups excluding carboxylic acids is 2. The van der Waals surface area contributed by atoms with Gasteiger partial charge in [-0.15, -0.1) is 0 Å². The quantitative estimate of drug-likeness (QED) is 0.771. The number of halogens is 1. The Labute approximate surface area is 168 Å². The number of methoxy groups -OCH3 is 2. The molecule has 1 heterocycles. The van der Waals surface area contributed by atoms with Crippen molar-refractivity contribution in [3.63, 3.8) is 0 Å². The molecule has 150 valence electrons. The number of allylic oxidation sites excluding steroid dienone is 2. The summed E-state index contributed by atoms with van der Waals surface area (Å²) >= 11 is 0. The fourth-order valence-corrected chi connectivity index (χ4v) is 4.36. The van der Waals surface area contributed by atoms with Crippen molar-refractivity contribution in [3.05, 3.63) is 65.1 Å². The van der Waals surface area contributed by atoms with Crippen LogP contribution in [0.2, 0.25) is 0 Å². The van der Waals surface area contributed by atoms with E-state index in [-0.39, 0.29) is 18.1 Å². The molecule has 5 nitrogen and oxygen atoms in total. The fourth-order valence-electron chi connectivity index (χ4n) is 4.36. The van der Waals surface area contributed by atoms with E-state index in [1.54, 1.807) is 32.4 Å². The molecule has 2 aromatic carbocycles. The van der Waals surface area contributed by atoms with Gasteiger partial charge in [-0.25, -0.2) is 4.39 Å². The van der Waals surface area contributed by atoms with Crippen LogP contribution in [0, 0.1) is 5.82 Å². The maximum atomic E-state index is 13.8.